The van der Waals surface area contributed by atoms with E-state index in [1.54, 1.807) is 25.4 Å². The number of amides is 1. The maximum atomic E-state index is 12.9. The van der Waals surface area contributed by atoms with E-state index in [1.165, 1.54) is 11.8 Å². The number of likely N-dealkylation sites (N-methyl/N-ethyl adjacent to an activating group) is 1. The van der Waals surface area contributed by atoms with Crippen molar-refractivity contribution in [2.45, 2.75) is 19.3 Å². The molecule has 1 aliphatic carbocycles. The average Bonchev–Trinajstić information content (AvgIpc) is 3.27. The number of nitrogens with one attached hydrogen (secondary N) is 1. The Kier molecular flexibility index (Phi) is 7.19. The minimum Gasteiger partial charge on any atom is -0.497 e. The van der Waals surface area contributed by atoms with Crippen LogP contribution in [0.4, 0.5) is 5.69 Å². The Bertz CT molecular complexity index is 1070. The molecule has 2 heterocycles. The van der Waals surface area contributed by atoms with Gasteiger partial charge in [0.15, 0.2) is 0 Å². The summed E-state index contributed by atoms with van der Waals surface area (Å²) in [5.74, 6) is 0.940. The number of pyridine rings is 1. The molecule has 1 aromatic heterocycles. The fourth-order valence-corrected chi connectivity index (χ4v) is 4.18. The van der Waals surface area contributed by atoms with Crippen LogP contribution in [-0.2, 0) is 17.6 Å². The zero-order valence-electron chi connectivity index (χ0n) is 19.1. The number of piperazine rings is 1. The largest absolute Gasteiger partial charge is 0.497 e. The van der Waals surface area contributed by atoms with Crippen LogP contribution in [0.25, 0.3) is 0 Å². The highest BCUT2D eigenvalue weighted by Crippen LogP contribution is 2.31. The van der Waals surface area contributed by atoms with Crippen LogP contribution in [-0.4, -0.2) is 73.0 Å². The standard InChI is InChI=1S/C24H29N7O2/c1-30-9-11-31(12-10-30)24(32)19-13-17-3-4-20(15-18(17)14-19)28-29-27-8-6-22(25)23-16-21(33-2)5-7-26-23/h3-5,7-8,15-16,19,25H,6,9-14H2,1-2H3/b25-22?,27-8+,29-28?. The second kappa shape index (κ2) is 10.4. The number of hydrogen-bond donors (Lipinski definition) is 1. The molecular weight excluding hydrogens is 418 g/mol. The lowest BCUT2D eigenvalue weighted by Gasteiger charge is -2.34. The van der Waals surface area contributed by atoms with Crippen molar-refractivity contribution >= 4 is 23.5 Å². The molecule has 172 valence electrons. The molecule has 1 aromatic carbocycles. The SMILES string of the molecule is COc1ccnc(C(=N)C/C=N/N=Nc2ccc3c(c2)CC(C(=O)N2CCN(C)CC2)C3)c1. The normalized spacial score (nSPS) is 18.7. The Balaban J connectivity index is 1.30. The van der Waals surface area contributed by atoms with Crippen molar-refractivity contribution in [1.82, 2.24) is 14.8 Å². The summed E-state index contributed by atoms with van der Waals surface area (Å²) in [4.78, 5) is 21.3. The van der Waals surface area contributed by atoms with Crippen LogP contribution in [0.1, 0.15) is 23.2 Å². The molecule has 9 heteroatoms. The van der Waals surface area contributed by atoms with Crippen LogP contribution >= 0.6 is 0 Å². The zero-order valence-corrected chi connectivity index (χ0v) is 19.1. The third-order valence-electron chi connectivity index (χ3n) is 6.15. The van der Waals surface area contributed by atoms with Gasteiger partial charge in [-0.05, 0) is 54.4 Å². The Hall–Kier alpha value is -3.46. The number of fused-ring (bicyclic) bond motifs is 1. The molecule has 1 N–H and O–H groups in total. The van der Waals surface area contributed by atoms with Crippen molar-refractivity contribution in [3.8, 4) is 5.75 Å². The Labute approximate surface area is 193 Å². The molecule has 1 amide bonds. The molecule has 1 fully saturated rings. The summed E-state index contributed by atoms with van der Waals surface area (Å²) in [6, 6.07) is 9.38. The molecule has 0 bridgehead atoms. The van der Waals surface area contributed by atoms with Crippen LogP contribution in [0.15, 0.2) is 52.0 Å². The highest BCUT2D eigenvalue weighted by molar-refractivity contribution is 6.04. The van der Waals surface area contributed by atoms with E-state index in [1.807, 2.05) is 23.1 Å². The molecule has 1 aliphatic heterocycles. The molecule has 4 rings (SSSR count). The number of nitrogens with zero attached hydrogens (tertiary/aromatic N) is 6. The second-order valence-corrected chi connectivity index (χ2v) is 8.44. The van der Waals surface area contributed by atoms with E-state index in [4.69, 9.17) is 10.1 Å². The van der Waals surface area contributed by atoms with Crippen LogP contribution in [0, 0.1) is 11.3 Å². The van der Waals surface area contributed by atoms with Gasteiger partial charge in [0.05, 0.1) is 24.2 Å². The number of benzene rings is 1. The van der Waals surface area contributed by atoms with Crippen molar-refractivity contribution in [3.63, 3.8) is 0 Å². The van der Waals surface area contributed by atoms with Gasteiger partial charge in [0.2, 0.25) is 5.91 Å². The minimum absolute atomic E-state index is 0.0184. The van der Waals surface area contributed by atoms with Gasteiger partial charge in [-0.25, -0.2) is 0 Å². The lowest BCUT2D eigenvalue weighted by atomic mass is 10.0. The van der Waals surface area contributed by atoms with Crippen LogP contribution in [0.2, 0.25) is 0 Å². The highest BCUT2D eigenvalue weighted by atomic mass is 16.5. The van der Waals surface area contributed by atoms with Gasteiger partial charge in [-0.3, -0.25) is 9.78 Å². The number of aromatic nitrogens is 1. The highest BCUT2D eigenvalue weighted by Gasteiger charge is 2.31. The molecule has 1 unspecified atom stereocenters. The minimum atomic E-state index is 0.0184. The molecule has 2 aromatic rings. The maximum Gasteiger partial charge on any atom is 0.226 e. The van der Waals surface area contributed by atoms with Gasteiger partial charge in [-0.1, -0.05) is 6.07 Å². The van der Waals surface area contributed by atoms with Crippen molar-refractivity contribution in [2.75, 3.05) is 40.3 Å². The smallest absolute Gasteiger partial charge is 0.226 e. The van der Waals surface area contributed by atoms with Crippen LogP contribution in [0.5, 0.6) is 5.75 Å². The van der Waals surface area contributed by atoms with Gasteiger partial charge in [0.25, 0.3) is 0 Å². The summed E-state index contributed by atoms with van der Waals surface area (Å²) >= 11 is 0. The second-order valence-electron chi connectivity index (χ2n) is 8.44. The van der Waals surface area contributed by atoms with E-state index in [-0.39, 0.29) is 11.8 Å². The quantitative estimate of drug-likeness (QED) is 0.400. The predicted octanol–water partition coefficient (Wildman–Crippen LogP) is 3.11. The van der Waals surface area contributed by atoms with Gasteiger partial charge in [-0.2, -0.15) is 0 Å². The van der Waals surface area contributed by atoms with Crippen LogP contribution < -0.4 is 4.74 Å². The summed E-state index contributed by atoms with van der Waals surface area (Å²) in [6.45, 7) is 3.49. The number of ether oxygens (including phenoxy) is 1. The lowest BCUT2D eigenvalue weighted by Crippen LogP contribution is -2.49. The van der Waals surface area contributed by atoms with Gasteiger partial charge in [0.1, 0.15) is 5.75 Å². The lowest BCUT2D eigenvalue weighted by molar-refractivity contribution is -0.136. The molecule has 0 spiro atoms. The van der Waals surface area contributed by atoms with Crippen LogP contribution in [0.3, 0.4) is 0 Å². The van der Waals surface area contributed by atoms with E-state index >= 15 is 0 Å². The molecule has 0 radical (unpaired) electrons. The number of rotatable bonds is 7. The first-order valence-corrected chi connectivity index (χ1v) is 11.1. The first-order chi connectivity index (χ1) is 16.0. The number of carbonyl (C=O) groups excluding carboxylic acids is 1. The first kappa shape index (κ1) is 22.7. The summed E-state index contributed by atoms with van der Waals surface area (Å²) in [5.41, 5.74) is 3.94. The average molecular weight is 448 g/mol. The van der Waals surface area contributed by atoms with Crippen molar-refractivity contribution in [1.29, 1.82) is 5.41 Å². The number of hydrogen-bond acceptors (Lipinski definition) is 7. The summed E-state index contributed by atoms with van der Waals surface area (Å²) < 4.78 is 5.16. The monoisotopic (exact) mass is 447 g/mol. The van der Waals surface area contributed by atoms with E-state index in [0.717, 1.165) is 44.6 Å². The first-order valence-electron chi connectivity index (χ1n) is 11.1. The Morgan fingerprint density at radius 2 is 1.97 bits per heavy atom. The summed E-state index contributed by atoms with van der Waals surface area (Å²) in [5, 5.41) is 20.1. The zero-order chi connectivity index (χ0) is 23.2. The molecule has 0 saturated carbocycles. The predicted molar refractivity (Wildman–Crippen MR) is 127 cm³/mol. The molecule has 33 heavy (non-hydrogen) atoms. The van der Waals surface area contributed by atoms with Crippen molar-refractivity contribution in [2.24, 2.45) is 21.4 Å². The van der Waals surface area contributed by atoms with E-state index in [9.17, 15) is 4.79 Å². The van der Waals surface area contributed by atoms with Crippen molar-refractivity contribution in [3.05, 3.63) is 53.3 Å². The van der Waals surface area contributed by atoms with E-state index < -0.39 is 0 Å². The summed E-state index contributed by atoms with van der Waals surface area (Å²) in [6.07, 6.45) is 4.97. The topological polar surface area (TPSA) is 107 Å². The fraction of sp³-hybridized carbons (Fsp3) is 0.417. The molecule has 1 atom stereocenters. The van der Waals surface area contributed by atoms with Gasteiger partial charge >= 0.3 is 0 Å². The van der Waals surface area contributed by atoms with E-state index in [0.29, 0.717) is 29.3 Å². The van der Waals surface area contributed by atoms with Gasteiger partial charge < -0.3 is 19.9 Å². The summed E-state index contributed by atoms with van der Waals surface area (Å²) in [7, 11) is 3.67. The van der Waals surface area contributed by atoms with Gasteiger partial charge in [0, 0.05) is 57.0 Å². The number of carbonyl (C=O) groups is 1. The van der Waals surface area contributed by atoms with Crippen molar-refractivity contribution < 1.29 is 9.53 Å². The fourth-order valence-electron chi connectivity index (χ4n) is 4.18. The Morgan fingerprint density at radius 1 is 1.18 bits per heavy atom. The molecular formula is C24H29N7O2. The van der Waals surface area contributed by atoms with Gasteiger partial charge in [-0.15, -0.1) is 10.2 Å². The van der Waals surface area contributed by atoms with E-state index in [2.05, 4.69) is 32.4 Å². The molecule has 1 saturated heterocycles. The third-order valence-corrected chi connectivity index (χ3v) is 6.15. The number of methoxy groups -OCH3 is 1. The molecule has 9 nitrogen and oxygen atoms in total. The third kappa shape index (κ3) is 5.67. The maximum absolute atomic E-state index is 12.9. The Morgan fingerprint density at radius 3 is 2.76 bits per heavy atom. The molecule has 2 aliphatic rings.